The van der Waals surface area contributed by atoms with E-state index < -0.39 is 5.60 Å². The number of hydrogen-bond acceptors (Lipinski definition) is 6. The minimum Gasteiger partial charge on any atom is -0.488 e. The molecular formula is C39H44N6O3. The Morgan fingerprint density at radius 2 is 1.77 bits per heavy atom. The fourth-order valence-electron chi connectivity index (χ4n) is 8.09. The second-order valence-electron chi connectivity index (χ2n) is 15.5. The summed E-state index contributed by atoms with van der Waals surface area (Å²) in [6.07, 6.45) is 6.20. The number of benzene rings is 3. The molecule has 2 aromatic heterocycles. The van der Waals surface area contributed by atoms with Gasteiger partial charge in [0.25, 0.3) is 0 Å². The number of nitrogens with one attached hydrogen (secondary N) is 3. The number of carbonyl (C=O) groups is 1. The summed E-state index contributed by atoms with van der Waals surface area (Å²) >= 11 is 0. The highest BCUT2D eigenvalue weighted by molar-refractivity contribution is 6.07. The van der Waals surface area contributed by atoms with Crippen LogP contribution in [-0.2, 0) is 11.3 Å². The van der Waals surface area contributed by atoms with Crippen LogP contribution >= 0.6 is 0 Å². The highest BCUT2D eigenvalue weighted by Gasteiger charge is 2.40. The first-order valence-electron chi connectivity index (χ1n) is 17.7. The summed E-state index contributed by atoms with van der Waals surface area (Å²) in [5, 5.41) is 5.88. The van der Waals surface area contributed by atoms with Crippen molar-refractivity contribution in [1.82, 2.24) is 30.2 Å². The topological polar surface area (TPSA) is 108 Å². The van der Waals surface area contributed by atoms with Crippen molar-refractivity contribution < 1.29 is 14.3 Å². The number of fused-ring (bicyclic) bond motifs is 6. The minimum atomic E-state index is -0.554. The molecule has 4 atom stereocenters. The van der Waals surface area contributed by atoms with Crippen molar-refractivity contribution in [3.05, 3.63) is 65.4 Å². The number of hydrogen-bond donors (Lipinski definition) is 3. The van der Waals surface area contributed by atoms with E-state index in [-0.39, 0.29) is 18.2 Å². The van der Waals surface area contributed by atoms with E-state index in [0.29, 0.717) is 24.6 Å². The molecule has 5 heterocycles. The Bertz CT molecular complexity index is 2080. The standard InChI is InChI=1S/C39H44N6O3/c1-20-6-13-30(40-20)36-42-33(22-8-9-22)34(43-36)24-10-12-26-25(16-24)19-47-32-18-27-23(17-28(26)32)11-14-29-35(27)44-37(41-29)31-15-7-21(2)45(31)38(46)48-39(3,4)5/h10-12,14,16-18,20-22,30-31,40H,6-9,13,15,19H2,1-5H3,(H,41,44)(H,42,43)/t20-,21-,30-,31-/m0/s1. The van der Waals surface area contributed by atoms with Gasteiger partial charge in [0.2, 0.25) is 0 Å². The molecule has 248 valence electrons. The Hall–Kier alpha value is -4.37. The van der Waals surface area contributed by atoms with E-state index in [2.05, 4.69) is 71.6 Å². The maximum Gasteiger partial charge on any atom is 0.411 e. The first kappa shape index (κ1) is 29.7. The van der Waals surface area contributed by atoms with Gasteiger partial charge in [0, 0.05) is 34.5 Å². The molecule has 3 aliphatic heterocycles. The van der Waals surface area contributed by atoms with Gasteiger partial charge >= 0.3 is 6.09 Å². The van der Waals surface area contributed by atoms with Crippen LogP contribution in [0.4, 0.5) is 4.79 Å². The monoisotopic (exact) mass is 644 g/mol. The van der Waals surface area contributed by atoms with E-state index >= 15 is 0 Å². The molecule has 0 bridgehead atoms. The number of H-pyrrole nitrogens is 2. The van der Waals surface area contributed by atoms with E-state index in [1.54, 1.807) is 0 Å². The second-order valence-corrected chi connectivity index (χ2v) is 15.5. The van der Waals surface area contributed by atoms with Gasteiger partial charge in [-0.15, -0.1) is 0 Å². The number of rotatable bonds is 4. The van der Waals surface area contributed by atoms with Gasteiger partial charge in [0.15, 0.2) is 0 Å². The molecule has 3 aromatic carbocycles. The summed E-state index contributed by atoms with van der Waals surface area (Å²) in [5.41, 5.74) is 8.36. The Morgan fingerprint density at radius 3 is 2.54 bits per heavy atom. The van der Waals surface area contributed by atoms with E-state index in [9.17, 15) is 4.79 Å². The fraction of sp³-hybridized carbons (Fsp3) is 0.462. The van der Waals surface area contributed by atoms with Crippen molar-refractivity contribution in [1.29, 1.82) is 0 Å². The molecule has 1 aliphatic carbocycles. The van der Waals surface area contributed by atoms with Crippen molar-refractivity contribution in [2.45, 2.75) is 115 Å². The van der Waals surface area contributed by atoms with Crippen molar-refractivity contribution in [2.24, 2.45) is 0 Å². The zero-order valence-electron chi connectivity index (χ0n) is 28.4. The summed E-state index contributed by atoms with van der Waals surface area (Å²) in [5.74, 6) is 3.31. The Labute approximate surface area is 280 Å². The number of aromatic amines is 2. The Morgan fingerprint density at radius 1 is 0.917 bits per heavy atom. The third-order valence-corrected chi connectivity index (χ3v) is 10.7. The van der Waals surface area contributed by atoms with Crippen molar-refractivity contribution in [2.75, 3.05) is 0 Å². The van der Waals surface area contributed by atoms with Crippen LogP contribution in [0.5, 0.6) is 5.75 Å². The van der Waals surface area contributed by atoms with Crippen LogP contribution in [0.25, 0.3) is 44.2 Å². The van der Waals surface area contributed by atoms with Crippen molar-refractivity contribution >= 4 is 27.9 Å². The van der Waals surface area contributed by atoms with Crippen LogP contribution in [0.1, 0.15) is 114 Å². The predicted octanol–water partition coefficient (Wildman–Crippen LogP) is 8.82. The quantitative estimate of drug-likeness (QED) is 0.180. The summed E-state index contributed by atoms with van der Waals surface area (Å²) in [6, 6.07) is 16.1. The lowest BCUT2D eigenvalue weighted by molar-refractivity contribution is 0.0152. The molecule has 4 aliphatic rings. The van der Waals surface area contributed by atoms with E-state index in [0.717, 1.165) is 64.0 Å². The highest BCUT2D eigenvalue weighted by atomic mass is 16.6. The number of ether oxygens (including phenoxy) is 2. The van der Waals surface area contributed by atoms with Gasteiger partial charge in [-0.2, -0.15) is 0 Å². The molecule has 9 nitrogen and oxygen atoms in total. The number of amides is 1. The lowest BCUT2D eigenvalue weighted by Crippen LogP contribution is -2.40. The number of carbonyl (C=O) groups excluding carboxylic acids is 1. The van der Waals surface area contributed by atoms with E-state index in [1.165, 1.54) is 47.3 Å². The third kappa shape index (κ3) is 5.05. The smallest absolute Gasteiger partial charge is 0.411 e. The van der Waals surface area contributed by atoms with Gasteiger partial charge in [0.05, 0.1) is 34.5 Å². The van der Waals surface area contributed by atoms with Crippen molar-refractivity contribution in [3.63, 3.8) is 0 Å². The molecule has 3 fully saturated rings. The lowest BCUT2D eigenvalue weighted by Gasteiger charge is -2.30. The van der Waals surface area contributed by atoms with Crippen LogP contribution in [0.15, 0.2) is 42.5 Å². The van der Waals surface area contributed by atoms with Gasteiger partial charge in [-0.25, -0.2) is 14.8 Å². The molecule has 9 rings (SSSR count). The van der Waals surface area contributed by atoms with Gasteiger partial charge in [-0.3, -0.25) is 4.90 Å². The molecule has 0 radical (unpaired) electrons. The van der Waals surface area contributed by atoms with Gasteiger partial charge in [-0.1, -0.05) is 18.2 Å². The SMILES string of the molecule is C[C@H]1CC[C@@H](c2nc(C3CC3)c(-c3ccc4c(c3)COc3cc5c(ccc6nc([C@@H]7CC[C@H](C)N7C(=O)OC(C)(C)C)[nH]c65)cc3-4)[nH]2)N1. The molecule has 0 spiro atoms. The number of nitrogens with zero attached hydrogens (tertiary/aromatic N) is 3. The molecule has 1 amide bonds. The average Bonchev–Trinajstić information content (AvgIpc) is 3.37. The van der Waals surface area contributed by atoms with E-state index in [1.807, 2.05) is 25.7 Å². The summed E-state index contributed by atoms with van der Waals surface area (Å²) < 4.78 is 12.2. The summed E-state index contributed by atoms with van der Waals surface area (Å²) in [6.45, 7) is 10.6. The molecule has 9 heteroatoms. The first-order valence-corrected chi connectivity index (χ1v) is 17.7. The van der Waals surface area contributed by atoms with Crippen LogP contribution in [0.2, 0.25) is 0 Å². The maximum atomic E-state index is 13.2. The van der Waals surface area contributed by atoms with Gasteiger partial charge in [-0.05, 0) is 114 Å². The first-order chi connectivity index (χ1) is 23.1. The molecule has 48 heavy (non-hydrogen) atoms. The lowest BCUT2D eigenvalue weighted by atomic mass is 9.92. The largest absolute Gasteiger partial charge is 0.488 e. The van der Waals surface area contributed by atoms with Gasteiger partial charge < -0.3 is 24.8 Å². The summed E-state index contributed by atoms with van der Waals surface area (Å²) in [4.78, 5) is 32.5. The number of likely N-dealkylation sites (tertiary alicyclic amines) is 1. The zero-order valence-corrected chi connectivity index (χ0v) is 28.4. The van der Waals surface area contributed by atoms with Crippen LogP contribution in [-0.4, -0.2) is 48.6 Å². The normalized spacial score (nSPS) is 23.8. The average molecular weight is 645 g/mol. The maximum absolute atomic E-state index is 13.2. The highest BCUT2D eigenvalue weighted by Crippen LogP contribution is 2.47. The van der Waals surface area contributed by atoms with Crippen molar-refractivity contribution in [3.8, 4) is 28.1 Å². The third-order valence-electron chi connectivity index (χ3n) is 10.7. The summed E-state index contributed by atoms with van der Waals surface area (Å²) in [7, 11) is 0. The van der Waals surface area contributed by atoms with Crippen LogP contribution in [0, 0.1) is 0 Å². The molecular weight excluding hydrogens is 600 g/mol. The van der Waals surface area contributed by atoms with E-state index in [4.69, 9.17) is 19.4 Å². The molecule has 3 N–H and O–H groups in total. The van der Waals surface area contributed by atoms with Gasteiger partial charge in [0.1, 0.15) is 29.6 Å². The molecule has 0 unspecified atom stereocenters. The van der Waals surface area contributed by atoms with Crippen LogP contribution < -0.4 is 10.1 Å². The second kappa shape index (κ2) is 10.8. The minimum absolute atomic E-state index is 0.0829. The number of aromatic nitrogens is 4. The Balaban J connectivity index is 1.05. The molecule has 1 saturated carbocycles. The predicted molar refractivity (Wildman–Crippen MR) is 187 cm³/mol. The zero-order chi connectivity index (χ0) is 32.9. The molecule has 2 saturated heterocycles. The van der Waals surface area contributed by atoms with Crippen LogP contribution in [0.3, 0.4) is 0 Å². The molecule has 5 aromatic rings. The number of imidazole rings is 2. The Kier molecular flexibility index (Phi) is 6.71. The fourth-order valence-corrected chi connectivity index (χ4v) is 8.09.